The number of nitrogens with two attached hydrogens (primary N) is 1. The van der Waals surface area contributed by atoms with Gasteiger partial charge in [-0.05, 0) is 12.8 Å². The summed E-state index contributed by atoms with van der Waals surface area (Å²) in [6, 6.07) is 0. The molecule has 2 fully saturated rings. The lowest BCUT2D eigenvalue weighted by atomic mass is 9.89. The van der Waals surface area contributed by atoms with Crippen molar-refractivity contribution in [3.63, 3.8) is 0 Å². The first-order valence-corrected chi connectivity index (χ1v) is 9.25. The molecule has 4 unspecified atom stereocenters. The molecule has 142 valence electrons. The van der Waals surface area contributed by atoms with E-state index in [1.165, 1.54) is 0 Å². The molecular formula is C15H28INO7. The average Bonchev–Trinajstić information content (AvgIpc) is 2.49. The maximum absolute atomic E-state index is 10.4. The molecule has 9 atom stereocenters. The highest BCUT2D eigenvalue weighted by molar-refractivity contribution is 14.1. The van der Waals surface area contributed by atoms with Gasteiger partial charge in [-0.1, -0.05) is 36.4 Å². The van der Waals surface area contributed by atoms with Crippen LogP contribution in [-0.4, -0.2) is 79.6 Å². The van der Waals surface area contributed by atoms with Gasteiger partial charge >= 0.3 is 0 Å². The zero-order valence-corrected chi connectivity index (χ0v) is 16.2. The zero-order valence-electron chi connectivity index (χ0n) is 14.1. The summed E-state index contributed by atoms with van der Waals surface area (Å²) in [6.45, 7) is 5.11. The first-order valence-electron chi connectivity index (χ1n) is 8.17. The molecule has 2 rings (SSSR count). The summed E-state index contributed by atoms with van der Waals surface area (Å²) in [5, 5.41) is 39.9. The van der Waals surface area contributed by atoms with E-state index < -0.39 is 59.2 Å². The van der Waals surface area contributed by atoms with Gasteiger partial charge < -0.3 is 40.4 Å². The van der Waals surface area contributed by atoms with Gasteiger partial charge in [0.25, 0.3) is 0 Å². The number of alkyl halides is 1. The van der Waals surface area contributed by atoms with Gasteiger partial charge in [-0.3, -0.25) is 0 Å². The highest BCUT2D eigenvalue weighted by atomic mass is 127. The Morgan fingerprint density at radius 1 is 1.25 bits per heavy atom. The van der Waals surface area contributed by atoms with Crippen molar-refractivity contribution in [2.45, 2.75) is 79.8 Å². The van der Waals surface area contributed by atoms with Crippen molar-refractivity contribution in [2.24, 2.45) is 11.7 Å². The number of aliphatic hydroxyl groups is 4. The molecule has 2 heterocycles. The summed E-state index contributed by atoms with van der Waals surface area (Å²) >= 11 is 1.97. The molecule has 2 aliphatic rings. The van der Waals surface area contributed by atoms with E-state index in [2.05, 4.69) is 0 Å². The zero-order chi connectivity index (χ0) is 18.2. The van der Waals surface area contributed by atoms with Crippen LogP contribution in [0.3, 0.4) is 0 Å². The Kier molecular flexibility index (Phi) is 6.88. The van der Waals surface area contributed by atoms with Crippen molar-refractivity contribution in [3.05, 3.63) is 0 Å². The fourth-order valence-corrected chi connectivity index (χ4v) is 4.06. The average molecular weight is 461 g/mol. The Labute approximate surface area is 155 Å². The fraction of sp³-hybridized carbons (Fsp3) is 1.00. The minimum absolute atomic E-state index is 0.0139. The highest BCUT2D eigenvalue weighted by Gasteiger charge is 2.50. The van der Waals surface area contributed by atoms with Gasteiger partial charge in [-0.2, -0.15) is 0 Å². The molecule has 9 heteroatoms. The van der Waals surface area contributed by atoms with E-state index in [9.17, 15) is 20.4 Å². The van der Waals surface area contributed by atoms with Crippen LogP contribution in [0.25, 0.3) is 0 Å². The standard InChI is InChI=1S/C15H28INO7/c1-6(2)12-13(11(20)10(19)8(5-18)23-12)24-9-4-15(16,17)14(21)7(3)22-9/h6-14,18-21H,4-5,17H2,1-3H3/t7?,8?,9-,10?,11-,12+,13-,14+,15?/m0/s1. The van der Waals surface area contributed by atoms with E-state index in [1.54, 1.807) is 6.92 Å². The third-order valence-corrected chi connectivity index (χ3v) is 5.73. The van der Waals surface area contributed by atoms with Gasteiger partial charge in [-0.25, -0.2) is 0 Å². The molecule has 2 saturated heterocycles. The van der Waals surface area contributed by atoms with E-state index in [4.69, 9.17) is 19.9 Å². The van der Waals surface area contributed by atoms with E-state index in [1.807, 2.05) is 36.4 Å². The third-order valence-electron chi connectivity index (χ3n) is 4.65. The van der Waals surface area contributed by atoms with E-state index in [0.29, 0.717) is 0 Å². The fourth-order valence-electron chi connectivity index (χ4n) is 3.20. The summed E-state index contributed by atoms with van der Waals surface area (Å²) in [4.78, 5) is 0. The predicted molar refractivity (Wildman–Crippen MR) is 93.4 cm³/mol. The third kappa shape index (κ3) is 4.21. The normalized spacial score (nSPS) is 50.2. The van der Waals surface area contributed by atoms with Gasteiger partial charge in [-0.15, -0.1) is 0 Å². The molecule has 0 amide bonds. The van der Waals surface area contributed by atoms with Crippen molar-refractivity contribution < 1.29 is 34.6 Å². The molecule has 0 aromatic heterocycles. The topological polar surface area (TPSA) is 135 Å². The van der Waals surface area contributed by atoms with Crippen LogP contribution in [0.1, 0.15) is 27.2 Å². The molecule has 0 saturated carbocycles. The van der Waals surface area contributed by atoms with Gasteiger partial charge in [0.15, 0.2) is 6.29 Å². The summed E-state index contributed by atoms with van der Waals surface area (Å²) in [7, 11) is 0. The van der Waals surface area contributed by atoms with Crippen LogP contribution in [0.15, 0.2) is 0 Å². The molecule has 0 aromatic carbocycles. The lowest BCUT2D eigenvalue weighted by molar-refractivity contribution is -0.307. The number of hydrogen-bond acceptors (Lipinski definition) is 8. The SMILES string of the molecule is CC(C)[C@H]1OC(CO)C(O)[C@H](O)[C@@H]1O[C@H]1CC(N)(I)[C@H](O)C(C)O1. The summed E-state index contributed by atoms with van der Waals surface area (Å²) < 4.78 is 16.3. The first kappa shape index (κ1) is 20.7. The van der Waals surface area contributed by atoms with Gasteiger partial charge in [0.1, 0.15) is 34.1 Å². The Bertz CT molecular complexity index is 425. The number of aliphatic hydroxyl groups excluding tert-OH is 4. The van der Waals surface area contributed by atoms with Gasteiger partial charge in [0.05, 0.1) is 18.8 Å². The summed E-state index contributed by atoms with van der Waals surface area (Å²) in [5.41, 5.74) is 6.11. The van der Waals surface area contributed by atoms with E-state index >= 15 is 0 Å². The molecule has 0 aromatic rings. The molecule has 0 aliphatic carbocycles. The van der Waals surface area contributed by atoms with Crippen LogP contribution in [0, 0.1) is 5.92 Å². The Morgan fingerprint density at radius 3 is 2.38 bits per heavy atom. The Balaban J connectivity index is 2.13. The van der Waals surface area contributed by atoms with Crippen molar-refractivity contribution in [2.75, 3.05) is 6.61 Å². The van der Waals surface area contributed by atoms with Crippen LogP contribution in [0.5, 0.6) is 0 Å². The van der Waals surface area contributed by atoms with Crippen LogP contribution >= 0.6 is 22.6 Å². The van der Waals surface area contributed by atoms with Crippen LogP contribution in [0.4, 0.5) is 0 Å². The van der Waals surface area contributed by atoms with Crippen LogP contribution in [0.2, 0.25) is 0 Å². The minimum Gasteiger partial charge on any atom is -0.394 e. The summed E-state index contributed by atoms with van der Waals surface area (Å²) in [5.74, 6) is -0.0139. The maximum Gasteiger partial charge on any atom is 0.161 e. The smallest absolute Gasteiger partial charge is 0.161 e. The molecule has 2 aliphatic heterocycles. The van der Waals surface area contributed by atoms with Crippen molar-refractivity contribution in [3.8, 4) is 0 Å². The lowest BCUT2D eigenvalue weighted by Crippen LogP contribution is -2.63. The van der Waals surface area contributed by atoms with E-state index in [-0.39, 0.29) is 12.3 Å². The lowest BCUT2D eigenvalue weighted by Gasteiger charge is -2.47. The number of hydrogen-bond donors (Lipinski definition) is 5. The van der Waals surface area contributed by atoms with E-state index in [0.717, 1.165) is 0 Å². The monoisotopic (exact) mass is 461 g/mol. The molecule has 0 spiro atoms. The molecule has 0 bridgehead atoms. The first-order chi connectivity index (χ1) is 11.1. The van der Waals surface area contributed by atoms with Gasteiger partial charge in [0, 0.05) is 6.42 Å². The molecule has 6 N–H and O–H groups in total. The largest absolute Gasteiger partial charge is 0.394 e. The van der Waals surface area contributed by atoms with Crippen LogP contribution in [-0.2, 0) is 14.2 Å². The summed E-state index contributed by atoms with van der Waals surface area (Å²) in [6.07, 6.45) is -6.58. The minimum atomic E-state index is -1.26. The molecule has 8 nitrogen and oxygen atoms in total. The maximum atomic E-state index is 10.4. The van der Waals surface area contributed by atoms with Gasteiger partial charge in [0.2, 0.25) is 0 Å². The Morgan fingerprint density at radius 2 is 1.88 bits per heavy atom. The predicted octanol–water partition coefficient (Wildman–Crippen LogP) is -0.905. The molecule has 0 radical (unpaired) electrons. The van der Waals surface area contributed by atoms with Crippen molar-refractivity contribution >= 4 is 22.6 Å². The second kappa shape index (κ2) is 7.97. The second-order valence-corrected chi connectivity index (χ2v) is 9.00. The van der Waals surface area contributed by atoms with Crippen molar-refractivity contribution in [1.82, 2.24) is 0 Å². The van der Waals surface area contributed by atoms with Crippen molar-refractivity contribution in [1.29, 1.82) is 0 Å². The second-order valence-electron chi connectivity index (χ2n) is 6.99. The number of halogens is 1. The number of ether oxygens (including phenoxy) is 3. The quantitative estimate of drug-likeness (QED) is 0.207. The number of rotatable bonds is 4. The molecule has 24 heavy (non-hydrogen) atoms. The van der Waals surface area contributed by atoms with Crippen LogP contribution < -0.4 is 5.73 Å². The Hall–Kier alpha value is 0.410. The molecular weight excluding hydrogens is 433 g/mol. The highest BCUT2D eigenvalue weighted by Crippen LogP contribution is 2.36.